The second-order valence-electron chi connectivity index (χ2n) is 22.3. The molecule has 0 saturated carbocycles. The molecule has 10 heteroatoms. The molecule has 0 spiro atoms. The highest BCUT2D eigenvalue weighted by molar-refractivity contribution is 5.92. The summed E-state index contributed by atoms with van der Waals surface area (Å²) in [5.41, 5.74) is 2.53. The number of Topliss-reactive ketones (excluding diaryl/α,β-unsaturated/α-hetero) is 1. The largest absolute Gasteiger partial charge is 0.390 e. The third kappa shape index (κ3) is 11.3. The molecular weight excluding hydrogens is 702 g/mol. The average molecular weight is 780 g/mol. The maximum Gasteiger partial charge on any atom is 0.214 e. The molecule has 56 heavy (non-hydrogen) atoms. The molecule has 2 aromatic heterocycles. The average Bonchev–Trinajstić information content (AvgIpc) is 3.58. The van der Waals surface area contributed by atoms with Gasteiger partial charge in [0.25, 0.3) is 0 Å². The van der Waals surface area contributed by atoms with Crippen molar-refractivity contribution in [3.63, 3.8) is 0 Å². The van der Waals surface area contributed by atoms with Crippen LogP contribution in [0.3, 0.4) is 0 Å². The Hall–Kier alpha value is -3.11. The van der Waals surface area contributed by atoms with Gasteiger partial charge in [-0.15, -0.1) is 5.10 Å². The summed E-state index contributed by atoms with van der Waals surface area (Å²) < 4.78 is 20.2. The molecule has 0 radical (unpaired) electrons. The topological polar surface area (TPSA) is 80.8 Å². The summed E-state index contributed by atoms with van der Waals surface area (Å²) in [6.45, 7) is 38.5. The number of para-hydroxylation sites is 1. The Bertz CT molecular complexity index is 1810. The lowest BCUT2D eigenvalue weighted by Crippen LogP contribution is -2.48. The lowest BCUT2D eigenvalue weighted by molar-refractivity contribution is -0.140. The summed E-state index contributed by atoms with van der Waals surface area (Å²) in [5.74, 6) is -0.385. The van der Waals surface area contributed by atoms with E-state index in [0.717, 1.165) is 31.5 Å². The first-order valence-corrected chi connectivity index (χ1v) is 20.7. The third-order valence-electron chi connectivity index (χ3n) is 10.1. The zero-order valence-electron chi connectivity index (χ0n) is 39.0. The van der Waals surface area contributed by atoms with Crippen LogP contribution < -0.4 is 0 Å². The molecule has 2 aliphatic rings. The molecule has 1 aromatic carbocycles. The number of halogens is 1. The predicted molar refractivity (Wildman–Crippen MR) is 232 cm³/mol. The number of ketones is 1. The van der Waals surface area contributed by atoms with Crippen molar-refractivity contribution in [1.82, 2.24) is 29.6 Å². The maximum atomic E-state index is 15.8. The Morgan fingerprint density at radius 3 is 1.93 bits per heavy atom. The summed E-state index contributed by atoms with van der Waals surface area (Å²) in [4.78, 5) is 18.0. The van der Waals surface area contributed by atoms with Crippen molar-refractivity contribution < 1.29 is 14.0 Å². The highest BCUT2D eigenvalue weighted by Gasteiger charge is 2.50. The minimum absolute atomic E-state index is 0.0758. The minimum atomic E-state index is -2.02. The van der Waals surface area contributed by atoms with E-state index in [1.165, 1.54) is 22.2 Å². The fourth-order valence-corrected chi connectivity index (χ4v) is 7.74. The molecule has 0 fully saturated rings. The van der Waals surface area contributed by atoms with Gasteiger partial charge >= 0.3 is 0 Å². The van der Waals surface area contributed by atoms with Crippen LogP contribution in [0.1, 0.15) is 179 Å². The van der Waals surface area contributed by atoms with Gasteiger partial charge in [0.1, 0.15) is 11.3 Å². The standard InChI is InChI=1S/C20H31N3.C17H28FN3O.C9H19NO/c1-19(2,3)18-17-14-11-9-10-12-15(14)23(20(4,5)6)16(17)13-21(7)22(18)8;1-15(2,3)14(22)17(18)11-9-7-8-10-12-13(17)19-20-21(12)16(4,5)6;1-8(2,3)7-10-11-9(4,5)6/h9-12,18H,13H2,1-8H3;7-11H2,1-6H3;7H,1-6H3/b;;10-7+. The Morgan fingerprint density at radius 1 is 0.839 bits per heavy atom. The summed E-state index contributed by atoms with van der Waals surface area (Å²) in [5, 5.41) is 18.4. The second kappa shape index (κ2) is 16.6. The van der Waals surface area contributed by atoms with E-state index >= 15 is 4.39 Å². The molecule has 9 nitrogen and oxygen atoms in total. The highest BCUT2D eigenvalue weighted by atomic mass is 19.1. The molecule has 0 saturated heterocycles. The molecule has 0 bridgehead atoms. The quantitative estimate of drug-likeness (QED) is 0.190. The van der Waals surface area contributed by atoms with Gasteiger partial charge in [0.15, 0.2) is 5.78 Å². The first-order valence-electron chi connectivity index (χ1n) is 20.7. The van der Waals surface area contributed by atoms with E-state index in [1.54, 1.807) is 25.5 Å². The number of hydrogen-bond acceptors (Lipinski definition) is 7. The van der Waals surface area contributed by atoms with Gasteiger partial charge in [-0.05, 0) is 99.5 Å². The van der Waals surface area contributed by atoms with E-state index in [2.05, 4.69) is 131 Å². The van der Waals surface area contributed by atoms with Crippen molar-refractivity contribution in [2.75, 3.05) is 14.1 Å². The smallest absolute Gasteiger partial charge is 0.214 e. The van der Waals surface area contributed by atoms with Crippen molar-refractivity contribution >= 4 is 22.9 Å². The van der Waals surface area contributed by atoms with E-state index in [0.29, 0.717) is 12.5 Å². The number of hydrazine groups is 1. The van der Waals surface area contributed by atoms with Crippen molar-refractivity contribution in [2.45, 2.75) is 192 Å². The summed E-state index contributed by atoms with van der Waals surface area (Å²) in [6, 6.07) is 9.29. The van der Waals surface area contributed by atoms with Gasteiger partial charge < -0.3 is 9.40 Å². The van der Waals surface area contributed by atoms with E-state index < -0.39 is 11.1 Å². The van der Waals surface area contributed by atoms with Crippen molar-refractivity contribution in [3.8, 4) is 0 Å². The van der Waals surface area contributed by atoms with Crippen molar-refractivity contribution in [2.24, 2.45) is 21.4 Å². The first-order chi connectivity index (χ1) is 25.2. The van der Waals surface area contributed by atoms with E-state index in [4.69, 9.17) is 4.84 Å². The van der Waals surface area contributed by atoms with Crippen LogP contribution >= 0.6 is 0 Å². The van der Waals surface area contributed by atoms with Crippen LogP contribution in [0.15, 0.2) is 29.4 Å². The Balaban J connectivity index is 0.000000240. The highest BCUT2D eigenvalue weighted by Crippen LogP contribution is 2.48. The molecule has 3 heterocycles. The van der Waals surface area contributed by atoms with Gasteiger partial charge in [0.2, 0.25) is 5.67 Å². The molecule has 5 rings (SSSR count). The number of benzene rings is 1. The molecule has 1 aliphatic heterocycles. The first kappa shape index (κ1) is 47.3. The minimum Gasteiger partial charge on any atom is -0.390 e. The van der Waals surface area contributed by atoms with Gasteiger partial charge in [-0.1, -0.05) is 97.3 Å². The number of carbonyl (C=O) groups is 1. The molecule has 2 unspecified atom stereocenters. The molecule has 0 amide bonds. The SMILES string of the molecule is CC(C)(C)/C=N/OC(C)(C)C.CC(C)(C)C(=O)C1(F)CCCCCc2c1nnn2C(C)(C)C.CN1Cc2c(c3ccccc3n2C(C)(C)C)C(C(C)(C)C)N1C. The Morgan fingerprint density at radius 2 is 1.43 bits per heavy atom. The number of aromatic nitrogens is 4. The van der Waals surface area contributed by atoms with Crippen molar-refractivity contribution in [1.29, 1.82) is 0 Å². The summed E-state index contributed by atoms with van der Waals surface area (Å²) in [7, 11) is 4.43. The summed E-state index contributed by atoms with van der Waals surface area (Å²) >= 11 is 0. The number of carbonyl (C=O) groups excluding carboxylic acids is 1. The number of nitrogens with zero attached hydrogens (tertiary/aromatic N) is 7. The second-order valence-corrected chi connectivity index (χ2v) is 22.3. The molecule has 316 valence electrons. The maximum absolute atomic E-state index is 15.8. The van der Waals surface area contributed by atoms with Crippen LogP contribution in [0, 0.1) is 16.2 Å². The van der Waals surface area contributed by atoms with E-state index in [9.17, 15) is 4.79 Å². The molecular formula is C46H78FN7O2. The lowest BCUT2D eigenvalue weighted by Gasteiger charge is -2.47. The van der Waals surface area contributed by atoms with Crippen LogP contribution in [0.25, 0.3) is 10.9 Å². The van der Waals surface area contributed by atoms with Crippen LogP contribution in [0.2, 0.25) is 0 Å². The fraction of sp³-hybridized carbons (Fsp3) is 0.739. The summed E-state index contributed by atoms with van der Waals surface area (Å²) in [6.07, 6.45) is 5.37. The number of alkyl halides is 1. The van der Waals surface area contributed by atoms with Crippen LogP contribution in [-0.2, 0) is 39.3 Å². The number of hydrogen-bond donors (Lipinski definition) is 0. The Labute approximate surface area is 339 Å². The fourth-order valence-electron chi connectivity index (χ4n) is 7.74. The van der Waals surface area contributed by atoms with E-state index in [1.807, 2.05) is 47.8 Å². The van der Waals surface area contributed by atoms with Gasteiger partial charge in [0, 0.05) is 58.8 Å². The van der Waals surface area contributed by atoms with Crippen LogP contribution in [-0.4, -0.2) is 61.3 Å². The van der Waals surface area contributed by atoms with Crippen molar-refractivity contribution in [3.05, 3.63) is 46.9 Å². The van der Waals surface area contributed by atoms with Gasteiger partial charge in [0.05, 0.1) is 23.8 Å². The van der Waals surface area contributed by atoms with Gasteiger partial charge in [-0.2, -0.15) is 0 Å². The monoisotopic (exact) mass is 780 g/mol. The normalized spacial score (nSPS) is 20.6. The lowest BCUT2D eigenvalue weighted by atomic mass is 9.75. The van der Waals surface area contributed by atoms with Gasteiger partial charge in [-0.25, -0.2) is 19.1 Å². The van der Waals surface area contributed by atoms with Crippen LogP contribution in [0.5, 0.6) is 0 Å². The zero-order chi connectivity index (χ0) is 43.0. The number of fused-ring (bicyclic) bond motifs is 4. The van der Waals surface area contributed by atoms with Crippen LogP contribution in [0.4, 0.5) is 4.39 Å². The molecule has 0 N–H and O–H groups in total. The third-order valence-corrected chi connectivity index (χ3v) is 10.1. The number of rotatable bonds is 2. The predicted octanol–water partition coefficient (Wildman–Crippen LogP) is 11.5. The van der Waals surface area contributed by atoms with E-state index in [-0.39, 0.29) is 45.4 Å². The zero-order valence-corrected chi connectivity index (χ0v) is 39.0. The number of oxime groups is 1. The molecule has 1 aliphatic carbocycles. The Kier molecular flexibility index (Phi) is 14.0. The molecule has 2 atom stereocenters. The van der Waals surface area contributed by atoms with Gasteiger partial charge in [-0.3, -0.25) is 4.79 Å². The molecule has 3 aromatic rings.